The number of anilines is 1. The van der Waals surface area contributed by atoms with Gasteiger partial charge in [0.2, 0.25) is 0 Å². The second-order valence-corrected chi connectivity index (χ2v) is 4.64. The second-order valence-electron chi connectivity index (χ2n) is 4.64. The predicted molar refractivity (Wildman–Crippen MR) is 58.3 cm³/mol. The topological polar surface area (TPSA) is 72.0 Å². The summed E-state index contributed by atoms with van der Waals surface area (Å²) in [6.07, 6.45) is 6.98. The van der Waals surface area contributed by atoms with Crippen LogP contribution < -0.4 is 5.73 Å². The molecule has 4 nitrogen and oxygen atoms in total. The third kappa shape index (κ3) is 2.45. The van der Waals surface area contributed by atoms with Gasteiger partial charge in [0.25, 0.3) is 0 Å². The van der Waals surface area contributed by atoms with Crippen LogP contribution >= 0.6 is 0 Å². The Morgan fingerprint density at radius 1 is 1.33 bits per heavy atom. The van der Waals surface area contributed by atoms with Crippen molar-refractivity contribution in [3.63, 3.8) is 0 Å². The van der Waals surface area contributed by atoms with Crippen LogP contribution in [0.4, 0.5) is 5.82 Å². The van der Waals surface area contributed by atoms with E-state index in [-0.39, 0.29) is 0 Å². The van der Waals surface area contributed by atoms with E-state index in [1.807, 2.05) is 6.92 Å². The first-order valence-corrected chi connectivity index (χ1v) is 5.37. The minimum atomic E-state index is -0.488. The quantitative estimate of drug-likeness (QED) is 0.731. The van der Waals surface area contributed by atoms with E-state index in [1.54, 1.807) is 12.4 Å². The number of rotatable bonds is 1. The van der Waals surface area contributed by atoms with Gasteiger partial charge >= 0.3 is 0 Å². The fourth-order valence-corrected chi connectivity index (χ4v) is 2.09. The smallest absolute Gasteiger partial charge is 0.141 e. The summed E-state index contributed by atoms with van der Waals surface area (Å²) in [5.74, 6) is 0.889. The molecule has 0 saturated heterocycles. The molecular weight excluding hydrogens is 190 g/mol. The fourth-order valence-electron chi connectivity index (χ4n) is 2.09. The molecule has 1 saturated carbocycles. The van der Waals surface area contributed by atoms with Gasteiger partial charge in [0.15, 0.2) is 0 Å². The van der Waals surface area contributed by atoms with Crippen molar-refractivity contribution in [3.8, 4) is 0 Å². The number of nitrogen functional groups attached to an aromatic ring is 1. The number of hydrogen-bond donors (Lipinski definition) is 2. The molecular formula is C11H17N3O. The van der Waals surface area contributed by atoms with Crippen molar-refractivity contribution in [2.24, 2.45) is 0 Å². The first kappa shape index (κ1) is 10.4. The average Bonchev–Trinajstić information content (AvgIpc) is 2.20. The Bertz CT molecular complexity index is 324. The van der Waals surface area contributed by atoms with E-state index in [0.29, 0.717) is 11.7 Å². The minimum Gasteiger partial charge on any atom is -0.390 e. The number of hydrogen-bond acceptors (Lipinski definition) is 4. The molecule has 1 aromatic rings. The van der Waals surface area contributed by atoms with Gasteiger partial charge in [-0.1, -0.05) is 0 Å². The van der Waals surface area contributed by atoms with Gasteiger partial charge in [-0.25, -0.2) is 4.98 Å². The van der Waals surface area contributed by atoms with Crippen molar-refractivity contribution in [2.75, 3.05) is 5.73 Å². The molecule has 0 unspecified atom stereocenters. The summed E-state index contributed by atoms with van der Waals surface area (Å²) in [6.45, 7) is 1.90. The summed E-state index contributed by atoms with van der Waals surface area (Å²) in [5.41, 5.74) is 6.00. The third-order valence-corrected chi connectivity index (χ3v) is 3.17. The van der Waals surface area contributed by atoms with Gasteiger partial charge in [-0.2, -0.15) is 0 Å². The Hall–Kier alpha value is -1.16. The lowest BCUT2D eigenvalue weighted by molar-refractivity contribution is 0.0168. The van der Waals surface area contributed by atoms with E-state index in [1.165, 1.54) is 0 Å². The van der Waals surface area contributed by atoms with Gasteiger partial charge in [-0.15, -0.1) is 0 Å². The largest absolute Gasteiger partial charge is 0.390 e. The summed E-state index contributed by atoms with van der Waals surface area (Å²) in [7, 11) is 0. The van der Waals surface area contributed by atoms with Crippen LogP contribution in [0.2, 0.25) is 0 Å². The van der Waals surface area contributed by atoms with E-state index >= 15 is 0 Å². The first-order valence-electron chi connectivity index (χ1n) is 5.37. The molecule has 1 fully saturated rings. The second kappa shape index (κ2) is 3.77. The highest BCUT2D eigenvalue weighted by Gasteiger charge is 2.29. The van der Waals surface area contributed by atoms with Gasteiger partial charge in [0, 0.05) is 5.92 Å². The Kier molecular flexibility index (Phi) is 2.61. The highest BCUT2D eigenvalue weighted by atomic mass is 16.3. The predicted octanol–water partition coefficient (Wildman–Crippen LogP) is 1.47. The molecule has 0 spiro atoms. The molecule has 1 aliphatic rings. The summed E-state index contributed by atoms with van der Waals surface area (Å²) in [4.78, 5) is 8.32. The summed E-state index contributed by atoms with van der Waals surface area (Å²) < 4.78 is 0. The molecule has 2 rings (SSSR count). The highest BCUT2D eigenvalue weighted by molar-refractivity contribution is 5.24. The van der Waals surface area contributed by atoms with Crippen molar-refractivity contribution in [1.29, 1.82) is 0 Å². The number of nitrogens with two attached hydrogens (primary N) is 1. The standard InChI is InChI=1S/C11H17N3O/c1-11(15)4-2-8(3-5-11)9-6-14-10(12)7-13-9/h6-8,15H,2-5H2,1H3,(H2,12,14)/t8-,11-. The number of nitrogens with zero attached hydrogens (tertiary/aromatic N) is 2. The lowest BCUT2D eigenvalue weighted by atomic mass is 9.79. The maximum atomic E-state index is 9.83. The van der Waals surface area contributed by atoms with Crippen molar-refractivity contribution in [3.05, 3.63) is 18.1 Å². The third-order valence-electron chi connectivity index (χ3n) is 3.17. The van der Waals surface area contributed by atoms with E-state index in [9.17, 15) is 5.11 Å². The molecule has 0 atom stereocenters. The van der Waals surface area contributed by atoms with Gasteiger partial charge in [-0.3, -0.25) is 4.98 Å². The molecule has 0 amide bonds. The number of aromatic nitrogens is 2. The highest BCUT2D eigenvalue weighted by Crippen LogP contribution is 2.36. The van der Waals surface area contributed by atoms with Gasteiger partial charge in [0.1, 0.15) is 5.82 Å². The summed E-state index contributed by atoms with van der Waals surface area (Å²) >= 11 is 0. The zero-order valence-electron chi connectivity index (χ0n) is 8.98. The maximum absolute atomic E-state index is 9.83. The molecule has 82 valence electrons. The Balaban J connectivity index is 2.04. The van der Waals surface area contributed by atoms with Crippen molar-refractivity contribution in [2.45, 2.75) is 44.1 Å². The van der Waals surface area contributed by atoms with Crippen LogP contribution in [-0.4, -0.2) is 20.7 Å². The van der Waals surface area contributed by atoms with E-state index in [0.717, 1.165) is 31.4 Å². The summed E-state index contributed by atoms with van der Waals surface area (Å²) in [5, 5.41) is 9.83. The first-order chi connectivity index (χ1) is 7.07. The molecule has 0 aliphatic heterocycles. The maximum Gasteiger partial charge on any atom is 0.141 e. The van der Waals surface area contributed by atoms with Crippen molar-refractivity contribution in [1.82, 2.24) is 9.97 Å². The molecule has 3 N–H and O–H groups in total. The van der Waals surface area contributed by atoms with E-state index < -0.39 is 5.60 Å². The van der Waals surface area contributed by atoms with Crippen LogP contribution in [0, 0.1) is 0 Å². The van der Waals surface area contributed by atoms with Gasteiger partial charge < -0.3 is 10.8 Å². The Morgan fingerprint density at radius 3 is 2.53 bits per heavy atom. The monoisotopic (exact) mass is 207 g/mol. The SMILES string of the molecule is C[C@]1(O)CC[C@H](c2cnc(N)cn2)CC1. The Labute approximate surface area is 89.6 Å². The molecule has 1 aliphatic carbocycles. The summed E-state index contributed by atoms with van der Waals surface area (Å²) in [6, 6.07) is 0. The molecule has 1 aromatic heterocycles. The van der Waals surface area contributed by atoms with Crippen molar-refractivity contribution < 1.29 is 5.11 Å². The molecule has 4 heteroatoms. The van der Waals surface area contributed by atoms with Gasteiger partial charge in [0.05, 0.1) is 23.7 Å². The fraction of sp³-hybridized carbons (Fsp3) is 0.636. The van der Waals surface area contributed by atoms with Crippen LogP contribution in [0.25, 0.3) is 0 Å². The zero-order valence-corrected chi connectivity index (χ0v) is 8.98. The average molecular weight is 207 g/mol. The molecule has 0 radical (unpaired) electrons. The zero-order chi connectivity index (χ0) is 10.9. The molecule has 15 heavy (non-hydrogen) atoms. The van der Waals surface area contributed by atoms with Gasteiger partial charge in [-0.05, 0) is 32.6 Å². The van der Waals surface area contributed by atoms with Crippen LogP contribution in [0.3, 0.4) is 0 Å². The normalized spacial score (nSPS) is 31.5. The van der Waals surface area contributed by atoms with Crippen LogP contribution in [-0.2, 0) is 0 Å². The van der Waals surface area contributed by atoms with Crippen LogP contribution in [0.5, 0.6) is 0 Å². The molecule has 1 heterocycles. The number of aliphatic hydroxyl groups is 1. The molecule has 0 aromatic carbocycles. The van der Waals surface area contributed by atoms with Crippen LogP contribution in [0.15, 0.2) is 12.4 Å². The lowest BCUT2D eigenvalue weighted by Crippen LogP contribution is -2.29. The van der Waals surface area contributed by atoms with Crippen molar-refractivity contribution >= 4 is 5.82 Å². The minimum absolute atomic E-state index is 0.429. The van der Waals surface area contributed by atoms with Crippen LogP contribution in [0.1, 0.15) is 44.2 Å². The lowest BCUT2D eigenvalue weighted by Gasteiger charge is -2.32. The Morgan fingerprint density at radius 2 is 2.00 bits per heavy atom. The van der Waals surface area contributed by atoms with E-state index in [4.69, 9.17) is 5.73 Å². The van der Waals surface area contributed by atoms with E-state index in [2.05, 4.69) is 9.97 Å². The molecule has 0 bridgehead atoms.